The van der Waals surface area contributed by atoms with E-state index >= 15 is 0 Å². The van der Waals surface area contributed by atoms with Crippen molar-refractivity contribution in [2.75, 3.05) is 0 Å². The van der Waals surface area contributed by atoms with Gasteiger partial charge < -0.3 is 4.98 Å². The number of nitrogens with one attached hydrogen (secondary N) is 1. The maximum Gasteiger partial charge on any atom is 0.0762 e. The third-order valence-corrected chi connectivity index (χ3v) is 1.34. The van der Waals surface area contributed by atoms with Gasteiger partial charge in [-0.2, -0.15) is 0 Å². The molecule has 0 bridgehead atoms. The zero-order chi connectivity index (χ0) is 5.98. The third-order valence-electron chi connectivity index (χ3n) is 0.845. The van der Waals surface area contributed by atoms with Crippen LogP contribution in [0.3, 0.4) is 0 Å². The number of thiol groups is 1. The van der Waals surface area contributed by atoms with Crippen LogP contribution in [0.5, 0.6) is 0 Å². The van der Waals surface area contributed by atoms with Crippen molar-refractivity contribution in [1.29, 1.82) is 0 Å². The average Bonchev–Trinajstić information content (AvgIpc) is 2.12. The van der Waals surface area contributed by atoms with E-state index in [0.717, 1.165) is 5.56 Å². The molecule has 0 aromatic carbocycles. The molecule has 0 aliphatic rings. The maximum absolute atomic E-state index is 4.76. The number of aromatic amines is 1. The standard InChI is InChI=1S/C5H5NS2/c7-5(8)4-1-2-6-3-4/h1-3,6H,(H,7,8). The summed E-state index contributed by atoms with van der Waals surface area (Å²) in [5, 5.41) is 0. The molecule has 1 aromatic heterocycles. The summed E-state index contributed by atoms with van der Waals surface area (Å²) in [7, 11) is 0. The van der Waals surface area contributed by atoms with Crippen molar-refractivity contribution in [1.82, 2.24) is 4.98 Å². The molecule has 1 aromatic rings. The van der Waals surface area contributed by atoms with E-state index in [1.54, 1.807) is 0 Å². The highest BCUT2D eigenvalue weighted by atomic mass is 32.1. The summed E-state index contributed by atoms with van der Waals surface area (Å²) in [4.78, 5) is 2.87. The highest BCUT2D eigenvalue weighted by molar-refractivity contribution is 8.11. The quantitative estimate of drug-likeness (QED) is 0.451. The number of thiocarbonyl (C=S) groups is 1. The Labute approximate surface area is 58.5 Å². The predicted molar refractivity (Wildman–Crippen MR) is 41.5 cm³/mol. The summed E-state index contributed by atoms with van der Waals surface area (Å²) in [6.07, 6.45) is 3.63. The lowest BCUT2D eigenvalue weighted by molar-refractivity contribution is 1.41. The largest absolute Gasteiger partial charge is 0.367 e. The van der Waals surface area contributed by atoms with Gasteiger partial charge in [0.05, 0.1) is 4.20 Å². The minimum absolute atomic E-state index is 0.631. The van der Waals surface area contributed by atoms with Crippen molar-refractivity contribution in [2.24, 2.45) is 0 Å². The van der Waals surface area contributed by atoms with E-state index in [4.69, 9.17) is 12.2 Å². The van der Waals surface area contributed by atoms with Gasteiger partial charge in [-0.05, 0) is 6.07 Å². The van der Waals surface area contributed by atoms with Gasteiger partial charge in [0.2, 0.25) is 0 Å². The lowest BCUT2D eigenvalue weighted by Crippen LogP contribution is -1.78. The van der Waals surface area contributed by atoms with Crippen molar-refractivity contribution in [3.63, 3.8) is 0 Å². The van der Waals surface area contributed by atoms with E-state index in [1.165, 1.54) is 0 Å². The van der Waals surface area contributed by atoms with Crippen LogP contribution in [0.1, 0.15) is 5.56 Å². The number of hydrogen-bond acceptors (Lipinski definition) is 1. The van der Waals surface area contributed by atoms with Gasteiger partial charge in [0, 0.05) is 18.0 Å². The summed E-state index contributed by atoms with van der Waals surface area (Å²) in [5.41, 5.74) is 0.975. The first-order valence-corrected chi connectivity index (χ1v) is 3.02. The minimum Gasteiger partial charge on any atom is -0.367 e. The number of aromatic nitrogens is 1. The predicted octanol–water partition coefficient (Wildman–Crippen LogP) is 1.62. The molecular formula is C5H5NS2. The molecule has 3 heteroatoms. The zero-order valence-electron chi connectivity index (χ0n) is 4.09. The van der Waals surface area contributed by atoms with E-state index < -0.39 is 0 Å². The first-order chi connectivity index (χ1) is 3.80. The molecule has 0 atom stereocenters. The van der Waals surface area contributed by atoms with Gasteiger partial charge >= 0.3 is 0 Å². The molecule has 0 saturated heterocycles. The molecule has 1 N–H and O–H groups in total. The molecule has 1 rings (SSSR count). The molecule has 0 amide bonds. The molecule has 1 nitrogen and oxygen atoms in total. The number of rotatable bonds is 1. The minimum atomic E-state index is 0.631. The van der Waals surface area contributed by atoms with Crippen LogP contribution < -0.4 is 0 Å². The lowest BCUT2D eigenvalue weighted by atomic mass is 10.4. The Bertz CT molecular complexity index is 178. The molecular weight excluding hydrogens is 138 g/mol. The molecule has 8 heavy (non-hydrogen) atoms. The second kappa shape index (κ2) is 2.33. The van der Waals surface area contributed by atoms with E-state index in [0.29, 0.717) is 4.20 Å². The fourth-order valence-electron chi connectivity index (χ4n) is 0.457. The normalized spacial score (nSPS) is 9.12. The van der Waals surface area contributed by atoms with Crippen molar-refractivity contribution >= 4 is 29.0 Å². The fourth-order valence-corrected chi connectivity index (χ4v) is 0.723. The van der Waals surface area contributed by atoms with Gasteiger partial charge in [-0.25, -0.2) is 0 Å². The maximum atomic E-state index is 4.76. The molecule has 0 aliphatic heterocycles. The Hall–Kier alpha value is -0.280. The summed E-state index contributed by atoms with van der Waals surface area (Å²) in [5.74, 6) is 0. The van der Waals surface area contributed by atoms with Crippen molar-refractivity contribution < 1.29 is 0 Å². The third kappa shape index (κ3) is 1.11. The highest BCUT2D eigenvalue weighted by Crippen LogP contribution is 2.01. The SMILES string of the molecule is S=C(S)c1cc[nH]c1. The summed E-state index contributed by atoms with van der Waals surface area (Å²) < 4.78 is 0.631. The van der Waals surface area contributed by atoms with E-state index in [-0.39, 0.29) is 0 Å². The first kappa shape index (κ1) is 5.85. The van der Waals surface area contributed by atoms with Gasteiger partial charge in [-0.1, -0.05) is 12.2 Å². The molecule has 0 unspecified atom stereocenters. The molecule has 42 valence electrons. The molecule has 0 radical (unpaired) electrons. The monoisotopic (exact) mass is 143 g/mol. The van der Waals surface area contributed by atoms with Crippen LogP contribution in [0.25, 0.3) is 0 Å². The van der Waals surface area contributed by atoms with Gasteiger partial charge in [-0.15, -0.1) is 12.6 Å². The van der Waals surface area contributed by atoms with Crippen molar-refractivity contribution in [3.8, 4) is 0 Å². The molecule has 0 saturated carbocycles. The molecule has 0 fully saturated rings. The Kier molecular flexibility index (Phi) is 1.70. The van der Waals surface area contributed by atoms with Gasteiger partial charge in [0.15, 0.2) is 0 Å². The molecule has 0 spiro atoms. The van der Waals surface area contributed by atoms with Crippen LogP contribution in [-0.4, -0.2) is 9.18 Å². The first-order valence-electron chi connectivity index (χ1n) is 2.17. The van der Waals surface area contributed by atoms with E-state index in [2.05, 4.69) is 17.6 Å². The second-order valence-electron chi connectivity index (χ2n) is 1.40. The van der Waals surface area contributed by atoms with Crippen LogP contribution in [0.2, 0.25) is 0 Å². The summed E-state index contributed by atoms with van der Waals surface area (Å²) >= 11 is 8.73. The zero-order valence-corrected chi connectivity index (χ0v) is 5.80. The Balaban J connectivity index is 2.93. The summed E-state index contributed by atoms with van der Waals surface area (Å²) in [6.45, 7) is 0. The van der Waals surface area contributed by atoms with Crippen molar-refractivity contribution in [2.45, 2.75) is 0 Å². The highest BCUT2D eigenvalue weighted by Gasteiger charge is 1.91. The lowest BCUT2D eigenvalue weighted by Gasteiger charge is -1.82. The molecule has 0 aliphatic carbocycles. The van der Waals surface area contributed by atoms with Gasteiger partial charge in [0.25, 0.3) is 0 Å². The van der Waals surface area contributed by atoms with Gasteiger partial charge in [0.1, 0.15) is 0 Å². The number of hydrogen-bond donors (Lipinski definition) is 2. The van der Waals surface area contributed by atoms with Crippen LogP contribution in [0.4, 0.5) is 0 Å². The van der Waals surface area contributed by atoms with Crippen molar-refractivity contribution in [3.05, 3.63) is 24.0 Å². The fraction of sp³-hybridized carbons (Fsp3) is 0. The molecule has 1 heterocycles. The topological polar surface area (TPSA) is 15.8 Å². The van der Waals surface area contributed by atoms with Gasteiger partial charge in [-0.3, -0.25) is 0 Å². The average molecular weight is 143 g/mol. The number of H-pyrrole nitrogens is 1. The van der Waals surface area contributed by atoms with E-state index in [1.807, 2.05) is 18.5 Å². The Morgan fingerprint density at radius 3 is 2.75 bits per heavy atom. The van der Waals surface area contributed by atoms with Crippen LogP contribution >= 0.6 is 24.8 Å². The van der Waals surface area contributed by atoms with Crippen LogP contribution in [0, 0.1) is 0 Å². The smallest absolute Gasteiger partial charge is 0.0762 e. The van der Waals surface area contributed by atoms with E-state index in [9.17, 15) is 0 Å². The van der Waals surface area contributed by atoms with Crippen LogP contribution in [0.15, 0.2) is 18.5 Å². The van der Waals surface area contributed by atoms with Crippen LogP contribution in [-0.2, 0) is 0 Å². The Morgan fingerprint density at radius 1 is 1.75 bits per heavy atom. The summed E-state index contributed by atoms with van der Waals surface area (Å²) in [6, 6.07) is 1.88. The second-order valence-corrected chi connectivity index (χ2v) is 2.56. The Morgan fingerprint density at radius 2 is 2.50 bits per heavy atom.